The van der Waals surface area contributed by atoms with Gasteiger partial charge in [0.05, 0.1) is 7.11 Å². The molecule has 1 fully saturated rings. The summed E-state index contributed by atoms with van der Waals surface area (Å²) in [6, 6.07) is 9.76. The number of ether oxygens (including phenoxy) is 2. The first-order valence-electron chi connectivity index (χ1n) is 9.01. The molecule has 142 valence electrons. The summed E-state index contributed by atoms with van der Waals surface area (Å²) in [7, 11) is 1.31. The van der Waals surface area contributed by atoms with Crippen LogP contribution in [-0.4, -0.2) is 30.4 Å². The number of hydrogen-bond donors (Lipinski definition) is 0. The van der Waals surface area contributed by atoms with Crippen molar-refractivity contribution in [2.45, 2.75) is 52.1 Å². The van der Waals surface area contributed by atoms with Gasteiger partial charge in [0.1, 0.15) is 17.3 Å². The largest absolute Gasteiger partial charge is 0.469 e. The number of ketones is 1. The highest BCUT2D eigenvalue weighted by atomic mass is 16.6. The van der Waals surface area contributed by atoms with Crippen molar-refractivity contribution in [2.75, 3.05) is 7.11 Å². The predicted molar refractivity (Wildman–Crippen MR) is 97.4 cm³/mol. The molecule has 1 unspecified atom stereocenters. The van der Waals surface area contributed by atoms with Gasteiger partial charge in [-0.15, -0.1) is 0 Å². The molecule has 5 nitrogen and oxygen atoms in total. The highest BCUT2D eigenvalue weighted by Crippen LogP contribution is 2.44. The van der Waals surface area contributed by atoms with E-state index in [4.69, 9.17) is 9.47 Å². The van der Waals surface area contributed by atoms with E-state index >= 15 is 0 Å². The smallest absolute Gasteiger partial charge is 0.317 e. The monoisotopic (exact) mass is 360 g/mol. The van der Waals surface area contributed by atoms with Crippen molar-refractivity contribution >= 4 is 17.7 Å². The fraction of sp³-hybridized carbons (Fsp3) is 0.571. The first kappa shape index (κ1) is 20.1. The molecule has 5 heteroatoms. The fourth-order valence-corrected chi connectivity index (χ4v) is 3.74. The van der Waals surface area contributed by atoms with E-state index in [1.54, 1.807) is 20.8 Å². The minimum absolute atomic E-state index is 0.0245. The van der Waals surface area contributed by atoms with Gasteiger partial charge in [0.25, 0.3) is 0 Å². The summed E-state index contributed by atoms with van der Waals surface area (Å²) in [5.41, 5.74) is 0.359. The van der Waals surface area contributed by atoms with E-state index in [1.165, 1.54) is 7.11 Å². The lowest BCUT2D eigenvalue weighted by Gasteiger charge is -2.40. The van der Waals surface area contributed by atoms with Crippen LogP contribution in [0.5, 0.6) is 0 Å². The summed E-state index contributed by atoms with van der Waals surface area (Å²) in [4.78, 5) is 37.5. The second kappa shape index (κ2) is 8.02. The molecule has 0 amide bonds. The number of Topliss-reactive ketones (excluding diaryl/α,β-unsaturated/α-hetero) is 1. The molecular weight excluding hydrogens is 332 g/mol. The molecule has 4 atom stereocenters. The van der Waals surface area contributed by atoms with Crippen LogP contribution in [0.15, 0.2) is 30.3 Å². The Morgan fingerprint density at radius 3 is 2.31 bits per heavy atom. The highest BCUT2D eigenvalue weighted by molar-refractivity contribution is 6.01. The summed E-state index contributed by atoms with van der Waals surface area (Å²) in [5.74, 6) is -2.57. The molecule has 26 heavy (non-hydrogen) atoms. The van der Waals surface area contributed by atoms with Crippen molar-refractivity contribution < 1.29 is 23.9 Å². The third-order valence-corrected chi connectivity index (χ3v) is 5.02. The molecule has 0 bridgehead atoms. The highest BCUT2D eigenvalue weighted by Gasteiger charge is 2.48. The van der Waals surface area contributed by atoms with Gasteiger partial charge >= 0.3 is 11.9 Å². The lowest BCUT2D eigenvalue weighted by Crippen LogP contribution is -2.45. The molecule has 2 rings (SSSR count). The van der Waals surface area contributed by atoms with Gasteiger partial charge in [-0.1, -0.05) is 37.3 Å². The Hall–Kier alpha value is -2.17. The summed E-state index contributed by atoms with van der Waals surface area (Å²) >= 11 is 0. The second-order valence-corrected chi connectivity index (χ2v) is 8.00. The van der Waals surface area contributed by atoms with Crippen molar-refractivity contribution in [3.8, 4) is 0 Å². The van der Waals surface area contributed by atoms with Gasteiger partial charge in [-0.05, 0) is 44.1 Å². The van der Waals surface area contributed by atoms with E-state index in [9.17, 15) is 14.4 Å². The first-order valence-corrected chi connectivity index (χ1v) is 9.01. The summed E-state index contributed by atoms with van der Waals surface area (Å²) < 4.78 is 10.3. The van der Waals surface area contributed by atoms with E-state index < -0.39 is 29.4 Å². The number of methoxy groups -OCH3 is 1. The average molecular weight is 360 g/mol. The predicted octanol–water partition coefficient (Wildman–Crippen LogP) is 3.52. The van der Waals surface area contributed by atoms with E-state index in [0.717, 1.165) is 5.56 Å². The molecule has 0 N–H and O–H groups in total. The van der Waals surface area contributed by atoms with E-state index in [1.807, 2.05) is 37.3 Å². The molecule has 1 saturated carbocycles. The Labute approximate surface area is 155 Å². The van der Waals surface area contributed by atoms with E-state index in [0.29, 0.717) is 0 Å². The molecule has 0 radical (unpaired) electrons. The number of benzene rings is 1. The van der Waals surface area contributed by atoms with Crippen LogP contribution in [0.25, 0.3) is 0 Å². The number of esters is 2. The molecule has 1 aromatic carbocycles. The Kier molecular flexibility index (Phi) is 6.21. The second-order valence-electron chi connectivity index (χ2n) is 8.00. The number of carbonyl (C=O) groups excluding carboxylic acids is 3. The zero-order valence-electron chi connectivity index (χ0n) is 16.2. The Balaban J connectivity index is 2.34. The van der Waals surface area contributed by atoms with Gasteiger partial charge in [-0.3, -0.25) is 14.4 Å². The van der Waals surface area contributed by atoms with Crippen LogP contribution >= 0.6 is 0 Å². The zero-order chi connectivity index (χ0) is 19.5. The van der Waals surface area contributed by atoms with Crippen LogP contribution in [-0.2, 0) is 23.9 Å². The van der Waals surface area contributed by atoms with Crippen LogP contribution < -0.4 is 0 Å². The maximum Gasteiger partial charge on any atom is 0.317 e. The fourth-order valence-electron chi connectivity index (χ4n) is 3.74. The van der Waals surface area contributed by atoms with Crippen LogP contribution in [0.1, 0.15) is 52.0 Å². The SMILES string of the molecule is COC(=O)C[C@@H]1C(C(=O)OC(C)(C)C)C(=O)C[C@@H](c2ccccc2)[C@H]1C. The van der Waals surface area contributed by atoms with Gasteiger partial charge in [0, 0.05) is 12.8 Å². The van der Waals surface area contributed by atoms with Crippen LogP contribution in [0.2, 0.25) is 0 Å². The van der Waals surface area contributed by atoms with E-state index in [-0.39, 0.29) is 30.5 Å². The van der Waals surface area contributed by atoms with Gasteiger partial charge in [0.15, 0.2) is 0 Å². The molecule has 0 saturated heterocycles. The van der Waals surface area contributed by atoms with E-state index in [2.05, 4.69) is 0 Å². The Bertz CT molecular complexity index is 659. The van der Waals surface area contributed by atoms with Crippen LogP contribution in [0.3, 0.4) is 0 Å². The quantitative estimate of drug-likeness (QED) is 0.607. The molecule has 1 aromatic rings. The number of carbonyl (C=O) groups is 3. The van der Waals surface area contributed by atoms with Crippen molar-refractivity contribution in [3.63, 3.8) is 0 Å². The molecule has 0 spiro atoms. The number of rotatable bonds is 4. The van der Waals surface area contributed by atoms with Gasteiger partial charge < -0.3 is 9.47 Å². The molecule has 0 aromatic heterocycles. The molecule has 1 aliphatic rings. The van der Waals surface area contributed by atoms with Crippen molar-refractivity contribution in [3.05, 3.63) is 35.9 Å². The average Bonchev–Trinajstić information content (AvgIpc) is 2.56. The number of hydrogen-bond acceptors (Lipinski definition) is 5. The lowest BCUT2D eigenvalue weighted by molar-refractivity contribution is -0.168. The maximum absolute atomic E-state index is 12.9. The lowest BCUT2D eigenvalue weighted by atomic mass is 9.63. The topological polar surface area (TPSA) is 69.7 Å². The third-order valence-electron chi connectivity index (χ3n) is 5.02. The minimum atomic E-state index is -0.928. The van der Waals surface area contributed by atoms with Crippen molar-refractivity contribution in [1.29, 1.82) is 0 Å². The first-order chi connectivity index (χ1) is 12.1. The minimum Gasteiger partial charge on any atom is -0.469 e. The summed E-state index contributed by atoms with van der Waals surface area (Å²) in [6.07, 6.45) is 0.295. The maximum atomic E-state index is 12.9. The zero-order valence-corrected chi connectivity index (χ0v) is 16.2. The molecular formula is C21H28O5. The molecule has 0 heterocycles. The Morgan fingerprint density at radius 1 is 1.15 bits per heavy atom. The van der Waals surface area contributed by atoms with Gasteiger partial charge in [0.2, 0.25) is 0 Å². The van der Waals surface area contributed by atoms with Gasteiger partial charge in [-0.25, -0.2) is 0 Å². The van der Waals surface area contributed by atoms with Crippen LogP contribution in [0.4, 0.5) is 0 Å². The van der Waals surface area contributed by atoms with Gasteiger partial charge in [-0.2, -0.15) is 0 Å². The van der Waals surface area contributed by atoms with Crippen LogP contribution in [0, 0.1) is 17.8 Å². The third kappa shape index (κ3) is 4.71. The normalized spacial score (nSPS) is 26.3. The summed E-state index contributed by atoms with van der Waals surface area (Å²) in [6.45, 7) is 7.30. The Morgan fingerprint density at radius 2 is 1.77 bits per heavy atom. The molecule has 0 aliphatic heterocycles. The van der Waals surface area contributed by atoms with Crippen molar-refractivity contribution in [1.82, 2.24) is 0 Å². The standard InChI is InChI=1S/C21H28O5/c1-13-15(14-9-7-6-8-10-14)11-17(22)19(16(13)12-18(23)25-5)20(24)26-21(2,3)4/h6-10,13,15-16,19H,11-12H2,1-5H3/t13-,15-,16+,19?/m1/s1. The summed E-state index contributed by atoms with van der Waals surface area (Å²) in [5, 5.41) is 0. The molecule has 1 aliphatic carbocycles. The van der Waals surface area contributed by atoms with Crippen molar-refractivity contribution in [2.24, 2.45) is 17.8 Å².